The molecule has 0 fully saturated rings. The second-order valence-corrected chi connectivity index (χ2v) is 8.27. The van der Waals surface area contributed by atoms with E-state index in [0.717, 1.165) is 16.9 Å². The summed E-state index contributed by atoms with van der Waals surface area (Å²) in [6, 6.07) is 16.1. The van der Waals surface area contributed by atoms with Gasteiger partial charge in [0, 0.05) is 6.42 Å². The van der Waals surface area contributed by atoms with Crippen LogP contribution in [0.2, 0.25) is 0 Å². The standard InChI is InChI=1S/C29H30N2O6/c1-4-34-27-17-22(16-23(18-30)29(33)31-19-24-7-5-13-35-24)10-12-26(27)37-28(32)8-6-14-36-25-11-9-20(2)15-21(25)3/h5,7,9-13,15-17H,4,6,8,14,19H2,1-3H3,(H,31,33)/b23-16+. The molecule has 3 rings (SSSR count). The Kier molecular flexibility index (Phi) is 9.91. The highest BCUT2D eigenvalue weighted by Crippen LogP contribution is 2.30. The predicted octanol–water partition coefficient (Wildman–Crippen LogP) is 5.28. The first-order chi connectivity index (χ1) is 17.9. The largest absolute Gasteiger partial charge is 0.493 e. The van der Waals surface area contributed by atoms with Gasteiger partial charge >= 0.3 is 5.97 Å². The summed E-state index contributed by atoms with van der Waals surface area (Å²) in [7, 11) is 0. The Morgan fingerprint density at radius 3 is 2.57 bits per heavy atom. The Hall–Kier alpha value is -4.51. The summed E-state index contributed by atoms with van der Waals surface area (Å²) in [6.07, 6.45) is 3.62. The minimum Gasteiger partial charge on any atom is -0.493 e. The molecule has 0 radical (unpaired) electrons. The normalized spacial score (nSPS) is 10.9. The molecular weight excluding hydrogens is 472 g/mol. The molecule has 37 heavy (non-hydrogen) atoms. The van der Waals surface area contributed by atoms with Gasteiger partial charge in [-0.15, -0.1) is 0 Å². The predicted molar refractivity (Wildman–Crippen MR) is 138 cm³/mol. The Balaban J connectivity index is 1.58. The lowest BCUT2D eigenvalue weighted by Gasteiger charge is -2.12. The van der Waals surface area contributed by atoms with Gasteiger partial charge in [0.2, 0.25) is 0 Å². The molecule has 1 N–H and O–H groups in total. The van der Waals surface area contributed by atoms with Crippen LogP contribution in [0.5, 0.6) is 17.2 Å². The van der Waals surface area contributed by atoms with Gasteiger partial charge in [-0.25, -0.2) is 0 Å². The van der Waals surface area contributed by atoms with E-state index in [0.29, 0.717) is 36.7 Å². The number of hydrogen-bond donors (Lipinski definition) is 1. The fourth-order valence-corrected chi connectivity index (χ4v) is 3.49. The molecule has 2 aromatic carbocycles. The molecule has 192 valence electrons. The third kappa shape index (κ3) is 8.29. The van der Waals surface area contributed by atoms with Crippen LogP contribution in [0.1, 0.15) is 42.2 Å². The smallest absolute Gasteiger partial charge is 0.311 e. The minimum absolute atomic E-state index is 0.0810. The fourth-order valence-electron chi connectivity index (χ4n) is 3.49. The van der Waals surface area contributed by atoms with Crippen molar-refractivity contribution >= 4 is 18.0 Å². The van der Waals surface area contributed by atoms with Gasteiger partial charge in [-0.3, -0.25) is 9.59 Å². The molecule has 1 heterocycles. The number of furan rings is 1. The zero-order chi connectivity index (χ0) is 26.6. The molecule has 0 saturated carbocycles. The molecular formula is C29H30N2O6. The van der Waals surface area contributed by atoms with Crippen LogP contribution >= 0.6 is 0 Å². The lowest BCUT2D eigenvalue weighted by molar-refractivity contribution is -0.134. The van der Waals surface area contributed by atoms with Crippen molar-refractivity contribution in [2.24, 2.45) is 0 Å². The number of nitrogens with one attached hydrogen (secondary N) is 1. The average Bonchev–Trinajstić information content (AvgIpc) is 3.40. The summed E-state index contributed by atoms with van der Waals surface area (Å²) in [6.45, 7) is 6.71. The average molecular weight is 503 g/mol. The quantitative estimate of drug-likeness (QED) is 0.118. The van der Waals surface area contributed by atoms with Crippen molar-refractivity contribution in [3.8, 4) is 23.3 Å². The summed E-state index contributed by atoms with van der Waals surface area (Å²) >= 11 is 0. The third-order valence-corrected chi connectivity index (χ3v) is 5.28. The number of nitrogens with zero attached hydrogens (tertiary/aromatic N) is 1. The van der Waals surface area contributed by atoms with E-state index in [4.69, 9.17) is 18.6 Å². The van der Waals surface area contributed by atoms with Gasteiger partial charge in [0.1, 0.15) is 23.2 Å². The molecule has 1 amide bonds. The van der Waals surface area contributed by atoms with Crippen LogP contribution in [0.25, 0.3) is 6.08 Å². The molecule has 0 aliphatic carbocycles. The molecule has 1 aromatic heterocycles. The van der Waals surface area contributed by atoms with Crippen LogP contribution < -0.4 is 19.5 Å². The molecule has 0 aliphatic heterocycles. The van der Waals surface area contributed by atoms with E-state index in [2.05, 4.69) is 5.32 Å². The topological polar surface area (TPSA) is 111 Å². The molecule has 3 aromatic rings. The highest BCUT2D eigenvalue weighted by Gasteiger charge is 2.14. The summed E-state index contributed by atoms with van der Waals surface area (Å²) < 4.78 is 22.1. The van der Waals surface area contributed by atoms with Crippen LogP contribution in [0, 0.1) is 25.2 Å². The molecule has 0 spiro atoms. The van der Waals surface area contributed by atoms with Crippen molar-refractivity contribution in [3.05, 3.63) is 82.8 Å². The maximum Gasteiger partial charge on any atom is 0.311 e. The highest BCUT2D eigenvalue weighted by atomic mass is 16.6. The van der Waals surface area contributed by atoms with E-state index in [-0.39, 0.29) is 24.3 Å². The monoisotopic (exact) mass is 502 g/mol. The van der Waals surface area contributed by atoms with Crippen molar-refractivity contribution in [3.63, 3.8) is 0 Å². The van der Waals surface area contributed by atoms with Crippen LogP contribution in [0.4, 0.5) is 0 Å². The van der Waals surface area contributed by atoms with Crippen LogP contribution in [0.3, 0.4) is 0 Å². The number of rotatable bonds is 12. The van der Waals surface area contributed by atoms with E-state index >= 15 is 0 Å². The lowest BCUT2D eigenvalue weighted by Crippen LogP contribution is -2.23. The first-order valence-corrected chi connectivity index (χ1v) is 12.0. The van der Waals surface area contributed by atoms with Crippen molar-refractivity contribution in [1.82, 2.24) is 5.32 Å². The van der Waals surface area contributed by atoms with Gasteiger partial charge in [0.15, 0.2) is 11.5 Å². The number of carbonyl (C=O) groups excluding carboxylic acids is 2. The van der Waals surface area contributed by atoms with Crippen molar-refractivity contribution in [2.45, 2.75) is 40.2 Å². The van der Waals surface area contributed by atoms with Crippen LogP contribution in [-0.4, -0.2) is 25.1 Å². The molecule has 0 saturated heterocycles. The van der Waals surface area contributed by atoms with E-state index in [1.54, 1.807) is 37.3 Å². The molecule has 0 bridgehead atoms. The second-order valence-electron chi connectivity index (χ2n) is 8.27. The Morgan fingerprint density at radius 1 is 1.05 bits per heavy atom. The van der Waals surface area contributed by atoms with E-state index in [9.17, 15) is 14.9 Å². The maximum atomic E-state index is 12.4. The number of benzene rings is 2. The minimum atomic E-state index is -0.532. The summed E-state index contributed by atoms with van der Waals surface area (Å²) in [5, 5.41) is 12.1. The highest BCUT2D eigenvalue weighted by molar-refractivity contribution is 6.01. The summed E-state index contributed by atoms with van der Waals surface area (Å²) in [5.74, 6) is 1.03. The molecule has 0 aliphatic rings. The number of hydrogen-bond acceptors (Lipinski definition) is 7. The Morgan fingerprint density at radius 2 is 1.86 bits per heavy atom. The third-order valence-electron chi connectivity index (χ3n) is 5.28. The van der Waals surface area contributed by atoms with Crippen molar-refractivity contribution in [2.75, 3.05) is 13.2 Å². The maximum absolute atomic E-state index is 12.4. The summed E-state index contributed by atoms with van der Waals surface area (Å²) in [5.41, 5.74) is 2.68. The van der Waals surface area contributed by atoms with Gasteiger partial charge in [0.05, 0.1) is 26.0 Å². The number of esters is 1. The zero-order valence-electron chi connectivity index (χ0n) is 21.2. The van der Waals surface area contributed by atoms with E-state index in [1.807, 2.05) is 38.1 Å². The first-order valence-electron chi connectivity index (χ1n) is 12.0. The number of aryl methyl sites for hydroxylation is 2. The second kappa shape index (κ2) is 13.5. The van der Waals surface area contributed by atoms with Gasteiger partial charge in [-0.1, -0.05) is 23.8 Å². The first kappa shape index (κ1) is 27.1. The fraction of sp³-hybridized carbons (Fsp3) is 0.276. The van der Waals surface area contributed by atoms with E-state index < -0.39 is 11.9 Å². The number of amides is 1. The summed E-state index contributed by atoms with van der Waals surface area (Å²) in [4.78, 5) is 24.8. The van der Waals surface area contributed by atoms with Gasteiger partial charge in [-0.2, -0.15) is 5.26 Å². The molecule has 8 heteroatoms. The lowest BCUT2D eigenvalue weighted by atomic mass is 10.1. The molecule has 0 unspecified atom stereocenters. The van der Waals surface area contributed by atoms with Gasteiger partial charge in [-0.05, 0) is 74.7 Å². The molecule has 8 nitrogen and oxygen atoms in total. The van der Waals surface area contributed by atoms with Crippen molar-refractivity contribution in [1.29, 1.82) is 5.26 Å². The van der Waals surface area contributed by atoms with Gasteiger partial charge in [0.25, 0.3) is 5.91 Å². The van der Waals surface area contributed by atoms with Crippen molar-refractivity contribution < 1.29 is 28.2 Å². The molecule has 0 atom stereocenters. The zero-order valence-corrected chi connectivity index (χ0v) is 21.2. The van der Waals surface area contributed by atoms with Crippen LogP contribution in [-0.2, 0) is 16.1 Å². The SMILES string of the molecule is CCOc1cc(/C=C(\C#N)C(=O)NCc2ccco2)ccc1OC(=O)CCCOc1ccc(C)cc1C. The van der Waals surface area contributed by atoms with Crippen LogP contribution in [0.15, 0.2) is 64.8 Å². The Bertz CT molecular complexity index is 1290. The Labute approximate surface area is 216 Å². The number of nitriles is 1. The number of carbonyl (C=O) groups is 2. The van der Waals surface area contributed by atoms with E-state index in [1.165, 1.54) is 12.3 Å². The number of ether oxygens (including phenoxy) is 3. The van der Waals surface area contributed by atoms with Gasteiger partial charge < -0.3 is 23.9 Å².